The molecule has 2 aliphatic heterocycles. The van der Waals surface area contributed by atoms with E-state index >= 15 is 0 Å². The van der Waals surface area contributed by atoms with E-state index in [1.165, 1.54) is 22.1 Å². The van der Waals surface area contributed by atoms with Gasteiger partial charge in [0.1, 0.15) is 0 Å². The summed E-state index contributed by atoms with van der Waals surface area (Å²) in [4.78, 5) is 28.3. The molecule has 30 heavy (non-hydrogen) atoms. The van der Waals surface area contributed by atoms with Crippen LogP contribution >= 0.6 is 11.8 Å². The number of thioether (sulfide) groups is 1. The molecule has 0 bridgehead atoms. The van der Waals surface area contributed by atoms with Crippen LogP contribution in [0.5, 0.6) is 0 Å². The second-order valence-corrected chi connectivity index (χ2v) is 10.9. The van der Waals surface area contributed by atoms with E-state index in [9.17, 15) is 18.0 Å². The highest BCUT2D eigenvalue weighted by Gasteiger charge is 2.36. The lowest BCUT2D eigenvalue weighted by Crippen LogP contribution is -2.45. The van der Waals surface area contributed by atoms with E-state index < -0.39 is 15.3 Å². The van der Waals surface area contributed by atoms with Crippen molar-refractivity contribution in [1.29, 1.82) is 0 Å². The summed E-state index contributed by atoms with van der Waals surface area (Å²) >= 11 is 1.21. The molecule has 166 valence electrons. The SMILES string of the molecule is CCCN(CCC)S(=O)(=O)c1ccc2c(c1)NC(=O)[C@H](C(=O)N1CCCCCC1)S2. The minimum atomic E-state index is -3.63. The van der Waals surface area contributed by atoms with Crippen LogP contribution in [0.25, 0.3) is 0 Å². The number of hydrogen-bond donors (Lipinski definition) is 1. The predicted molar refractivity (Wildman–Crippen MR) is 119 cm³/mol. The van der Waals surface area contributed by atoms with Crippen LogP contribution in [-0.2, 0) is 19.6 Å². The Bertz CT molecular complexity index is 874. The lowest BCUT2D eigenvalue weighted by atomic mass is 10.2. The number of nitrogens with zero attached hydrogens (tertiary/aromatic N) is 2. The summed E-state index contributed by atoms with van der Waals surface area (Å²) in [6.45, 7) is 6.20. The highest BCUT2D eigenvalue weighted by atomic mass is 32.2. The molecule has 1 atom stereocenters. The zero-order chi connectivity index (χ0) is 21.7. The molecular formula is C21H31N3O4S2. The summed E-state index contributed by atoms with van der Waals surface area (Å²) in [7, 11) is -3.63. The predicted octanol–water partition coefficient (Wildman–Crippen LogP) is 3.31. The van der Waals surface area contributed by atoms with Crippen molar-refractivity contribution in [3.63, 3.8) is 0 Å². The van der Waals surface area contributed by atoms with Gasteiger partial charge in [0.2, 0.25) is 21.8 Å². The number of nitrogens with one attached hydrogen (secondary N) is 1. The fraction of sp³-hybridized carbons (Fsp3) is 0.619. The number of carbonyl (C=O) groups is 2. The molecule has 1 aromatic carbocycles. The van der Waals surface area contributed by atoms with Crippen LogP contribution < -0.4 is 5.32 Å². The van der Waals surface area contributed by atoms with E-state index in [2.05, 4.69) is 5.32 Å². The van der Waals surface area contributed by atoms with Gasteiger partial charge in [-0.05, 0) is 43.9 Å². The van der Waals surface area contributed by atoms with Gasteiger partial charge in [-0.25, -0.2) is 8.42 Å². The Kier molecular flexibility index (Phi) is 7.81. The molecule has 0 aliphatic carbocycles. The number of benzene rings is 1. The summed E-state index contributed by atoms with van der Waals surface area (Å²) in [5.74, 6) is -0.533. The zero-order valence-corrected chi connectivity index (χ0v) is 19.4. The molecule has 0 aromatic heterocycles. The Hall–Kier alpha value is -1.58. The first-order valence-corrected chi connectivity index (χ1v) is 13.1. The molecule has 0 unspecified atom stereocenters. The van der Waals surface area contributed by atoms with Crippen LogP contribution in [0.4, 0.5) is 5.69 Å². The molecule has 1 N–H and O–H groups in total. The summed E-state index contributed by atoms with van der Waals surface area (Å²) in [6.07, 6.45) is 5.62. The molecular weight excluding hydrogens is 422 g/mol. The number of anilines is 1. The molecule has 1 fully saturated rings. The first kappa shape index (κ1) is 23.1. The molecule has 9 heteroatoms. The van der Waals surface area contributed by atoms with Crippen LogP contribution in [0.15, 0.2) is 28.0 Å². The van der Waals surface area contributed by atoms with Crippen molar-refractivity contribution >= 4 is 39.3 Å². The first-order chi connectivity index (χ1) is 14.4. The number of likely N-dealkylation sites (tertiary alicyclic amines) is 1. The molecule has 2 heterocycles. The lowest BCUT2D eigenvalue weighted by Gasteiger charge is -2.29. The van der Waals surface area contributed by atoms with Gasteiger partial charge in [-0.15, -0.1) is 11.8 Å². The van der Waals surface area contributed by atoms with E-state index in [4.69, 9.17) is 0 Å². The molecule has 1 saturated heterocycles. The van der Waals surface area contributed by atoms with Crippen LogP contribution in [0.3, 0.4) is 0 Å². The van der Waals surface area contributed by atoms with Crippen LogP contribution in [-0.4, -0.2) is 60.9 Å². The minimum Gasteiger partial charge on any atom is -0.341 e. The van der Waals surface area contributed by atoms with Crippen molar-refractivity contribution in [3.8, 4) is 0 Å². The standard InChI is InChI=1S/C21H31N3O4S2/c1-3-11-24(12-4-2)30(27,28)16-9-10-18-17(15-16)22-20(25)19(29-18)21(26)23-13-7-5-6-8-14-23/h9-10,15,19H,3-8,11-14H2,1-2H3,(H,22,25)/t19-/m1/s1. The fourth-order valence-electron chi connectivity index (χ4n) is 3.87. The van der Waals surface area contributed by atoms with Gasteiger partial charge in [0.25, 0.3) is 0 Å². The molecule has 7 nitrogen and oxygen atoms in total. The third-order valence-electron chi connectivity index (χ3n) is 5.42. The average Bonchev–Trinajstić information content (AvgIpc) is 3.01. The molecule has 0 spiro atoms. The van der Waals surface area contributed by atoms with Gasteiger partial charge in [-0.3, -0.25) is 9.59 Å². The van der Waals surface area contributed by atoms with Crippen molar-refractivity contribution < 1.29 is 18.0 Å². The second kappa shape index (κ2) is 10.2. The van der Waals surface area contributed by atoms with Crippen molar-refractivity contribution in [2.75, 3.05) is 31.5 Å². The Labute approximate surface area is 183 Å². The van der Waals surface area contributed by atoms with E-state index in [1.807, 2.05) is 13.8 Å². The zero-order valence-electron chi connectivity index (χ0n) is 17.7. The molecule has 1 aromatic rings. The summed E-state index contributed by atoms with van der Waals surface area (Å²) in [5, 5.41) is 1.95. The number of carbonyl (C=O) groups excluding carboxylic acids is 2. The monoisotopic (exact) mass is 453 g/mol. The maximum atomic E-state index is 13.0. The third-order valence-corrected chi connectivity index (χ3v) is 8.57. The maximum absolute atomic E-state index is 13.0. The average molecular weight is 454 g/mol. The number of rotatable bonds is 7. The van der Waals surface area contributed by atoms with Crippen molar-refractivity contribution in [2.24, 2.45) is 0 Å². The number of hydrogen-bond acceptors (Lipinski definition) is 5. The summed E-state index contributed by atoms with van der Waals surface area (Å²) < 4.78 is 27.6. The van der Waals surface area contributed by atoms with E-state index in [1.54, 1.807) is 17.0 Å². The fourth-order valence-corrected chi connectivity index (χ4v) is 6.57. The van der Waals surface area contributed by atoms with E-state index in [0.29, 0.717) is 31.9 Å². The van der Waals surface area contributed by atoms with Crippen molar-refractivity contribution in [3.05, 3.63) is 18.2 Å². The second-order valence-electron chi connectivity index (χ2n) is 7.79. The van der Waals surface area contributed by atoms with Crippen LogP contribution in [0, 0.1) is 0 Å². The Morgan fingerprint density at radius 1 is 1.13 bits per heavy atom. The van der Waals surface area contributed by atoms with Gasteiger partial charge in [-0.1, -0.05) is 26.7 Å². The molecule has 2 amide bonds. The van der Waals surface area contributed by atoms with Gasteiger partial charge in [0.15, 0.2) is 5.25 Å². The van der Waals surface area contributed by atoms with E-state index in [0.717, 1.165) is 43.4 Å². The van der Waals surface area contributed by atoms with Gasteiger partial charge in [-0.2, -0.15) is 4.31 Å². The molecule has 3 rings (SSSR count). The van der Waals surface area contributed by atoms with Crippen molar-refractivity contribution in [2.45, 2.75) is 67.4 Å². The summed E-state index contributed by atoms with van der Waals surface area (Å²) in [6, 6.07) is 4.79. The Morgan fingerprint density at radius 3 is 2.37 bits per heavy atom. The number of sulfonamides is 1. The normalized spacial score (nSPS) is 19.9. The van der Waals surface area contributed by atoms with Gasteiger partial charge in [0.05, 0.1) is 10.6 Å². The highest BCUT2D eigenvalue weighted by Crippen LogP contribution is 2.38. The highest BCUT2D eigenvalue weighted by molar-refractivity contribution is 8.01. The minimum absolute atomic E-state index is 0.154. The molecule has 2 aliphatic rings. The Morgan fingerprint density at radius 2 is 1.77 bits per heavy atom. The molecule has 0 radical (unpaired) electrons. The van der Waals surface area contributed by atoms with Gasteiger partial charge >= 0.3 is 0 Å². The first-order valence-electron chi connectivity index (χ1n) is 10.8. The third kappa shape index (κ3) is 5.00. The number of fused-ring (bicyclic) bond motifs is 1. The van der Waals surface area contributed by atoms with Crippen molar-refractivity contribution in [1.82, 2.24) is 9.21 Å². The quantitative estimate of drug-likeness (QED) is 0.640. The summed E-state index contributed by atoms with van der Waals surface area (Å²) in [5.41, 5.74) is 0.457. The van der Waals surface area contributed by atoms with Gasteiger partial charge < -0.3 is 10.2 Å². The maximum Gasteiger partial charge on any atom is 0.247 e. The largest absolute Gasteiger partial charge is 0.341 e. The lowest BCUT2D eigenvalue weighted by molar-refractivity contribution is -0.133. The smallest absolute Gasteiger partial charge is 0.247 e. The molecule has 0 saturated carbocycles. The van der Waals surface area contributed by atoms with Crippen LogP contribution in [0.2, 0.25) is 0 Å². The van der Waals surface area contributed by atoms with Crippen LogP contribution in [0.1, 0.15) is 52.4 Å². The van der Waals surface area contributed by atoms with Gasteiger partial charge in [0, 0.05) is 31.1 Å². The Balaban J connectivity index is 1.81. The van der Waals surface area contributed by atoms with E-state index in [-0.39, 0.29) is 16.7 Å². The topological polar surface area (TPSA) is 86.8 Å². The number of amides is 2.